The Bertz CT molecular complexity index is 384. The van der Waals surface area contributed by atoms with Crippen LogP contribution in [0.5, 0.6) is 0 Å². The van der Waals surface area contributed by atoms with E-state index in [-0.39, 0.29) is 0 Å². The van der Waals surface area contributed by atoms with Gasteiger partial charge in [-0.1, -0.05) is 11.6 Å². The van der Waals surface area contributed by atoms with Crippen molar-refractivity contribution in [1.82, 2.24) is 15.5 Å². The van der Waals surface area contributed by atoms with Gasteiger partial charge < -0.3 is 15.3 Å². The normalized spacial score (nSPS) is 20.8. The summed E-state index contributed by atoms with van der Waals surface area (Å²) in [6, 6.07) is 2.81. The van der Waals surface area contributed by atoms with E-state index in [0.717, 1.165) is 0 Å². The van der Waals surface area contributed by atoms with Crippen molar-refractivity contribution in [2.45, 2.75) is 6.04 Å². The fraction of sp³-hybridized carbons (Fsp3) is 0.444. The van der Waals surface area contributed by atoms with Crippen LogP contribution in [0.15, 0.2) is 12.1 Å². The molecule has 2 heterocycles. The molecular weight excluding hydrogens is 232 g/mol. The minimum absolute atomic E-state index is 0.327. The molecule has 0 bridgehead atoms. The van der Waals surface area contributed by atoms with Crippen molar-refractivity contribution in [3.63, 3.8) is 0 Å². The van der Waals surface area contributed by atoms with Gasteiger partial charge in [-0.25, -0.2) is 0 Å². The average Bonchev–Trinajstić information content (AvgIpc) is 2.30. The predicted molar refractivity (Wildman–Crippen MR) is 58.7 cm³/mol. The first-order valence-corrected chi connectivity index (χ1v) is 5.25. The Morgan fingerprint density at radius 2 is 2.38 bits per heavy atom. The second-order valence-corrected chi connectivity index (χ2v) is 3.89. The first-order chi connectivity index (χ1) is 7.66. The number of aliphatic carboxylic acids is 1. The zero-order chi connectivity index (χ0) is 11.5. The lowest BCUT2D eigenvalue weighted by atomic mass is 10.2. The fourth-order valence-corrected chi connectivity index (χ4v) is 1.70. The molecule has 0 radical (unpaired) electrons. The van der Waals surface area contributed by atoms with E-state index >= 15 is 0 Å². The Hall–Kier alpha value is -1.40. The summed E-state index contributed by atoms with van der Waals surface area (Å²) in [7, 11) is 0. The number of rotatable bonds is 2. The second-order valence-electron chi connectivity index (χ2n) is 3.51. The van der Waals surface area contributed by atoms with Crippen LogP contribution in [0, 0.1) is 0 Å². The summed E-state index contributed by atoms with van der Waals surface area (Å²) in [6.45, 7) is 1.70. The van der Waals surface area contributed by atoms with Gasteiger partial charge in [-0.3, -0.25) is 4.79 Å². The first kappa shape index (κ1) is 11.1. The Morgan fingerprint density at radius 1 is 1.56 bits per heavy atom. The molecule has 0 aliphatic carbocycles. The van der Waals surface area contributed by atoms with E-state index in [4.69, 9.17) is 16.7 Å². The molecule has 0 aromatic carbocycles. The largest absolute Gasteiger partial charge is 0.480 e. The van der Waals surface area contributed by atoms with Crippen molar-refractivity contribution in [1.29, 1.82) is 0 Å². The number of piperazine rings is 1. The van der Waals surface area contributed by atoms with Gasteiger partial charge in [0.1, 0.15) is 6.04 Å². The van der Waals surface area contributed by atoms with E-state index in [9.17, 15) is 4.79 Å². The summed E-state index contributed by atoms with van der Waals surface area (Å²) in [6.07, 6.45) is 0. The zero-order valence-corrected chi connectivity index (χ0v) is 9.18. The van der Waals surface area contributed by atoms with E-state index in [0.29, 0.717) is 30.6 Å². The first-order valence-electron chi connectivity index (χ1n) is 4.87. The molecule has 1 aromatic heterocycles. The molecule has 1 aliphatic heterocycles. The maximum Gasteiger partial charge on any atom is 0.322 e. The zero-order valence-electron chi connectivity index (χ0n) is 8.43. The van der Waals surface area contributed by atoms with Gasteiger partial charge in [0, 0.05) is 19.6 Å². The van der Waals surface area contributed by atoms with Gasteiger partial charge in [-0.15, -0.1) is 10.2 Å². The number of carboxylic acids is 1. The quantitative estimate of drug-likeness (QED) is 0.760. The summed E-state index contributed by atoms with van der Waals surface area (Å²) in [5.41, 5.74) is 0. The van der Waals surface area contributed by atoms with E-state index in [2.05, 4.69) is 15.5 Å². The predicted octanol–water partition coefficient (Wildman–Crippen LogP) is -0.00720. The van der Waals surface area contributed by atoms with Crippen LogP contribution in [0.2, 0.25) is 5.15 Å². The number of hydrogen-bond donors (Lipinski definition) is 2. The highest BCUT2D eigenvalue weighted by molar-refractivity contribution is 6.29. The van der Waals surface area contributed by atoms with Crippen molar-refractivity contribution < 1.29 is 9.90 Å². The molecule has 7 heteroatoms. The Balaban J connectivity index is 2.09. The van der Waals surface area contributed by atoms with Crippen LogP contribution in [0.25, 0.3) is 0 Å². The van der Waals surface area contributed by atoms with Gasteiger partial charge in [0.25, 0.3) is 0 Å². The summed E-state index contributed by atoms with van der Waals surface area (Å²) < 4.78 is 0. The fourth-order valence-electron chi connectivity index (χ4n) is 1.60. The number of halogens is 1. The SMILES string of the molecule is O=C(O)[C@@H]1CN(c2ccc(Cl)nn2)CCN1. The molecule has 1 atom stereocenters. The Labute approximate surface area is 97.2 Å². The Kier molecular flexibility index (Phi) is 3.21. The van der Waals surface area contributed by atoms with Gasteiger partial charge in [-0.2, -0.15) is 0 Å². The smallest absolute Gasteiger partial charge is 0.322 e. The Morgan fingerprint density at radius 3 is 3.00 bits per heavy atom. The van der Waals surface area contributed by atoms with Crippen LogP contribution < -0.4 is 10.2 Å². The minimum Gasteiger partial charge on any atom is -0.480 e. The molecule has 1 aromatic rings. The van der Waals surface area contributed by atoms with Gasteiger partial charge in [0.05, 0.1) is 0 Å². The molecule has 86 valence electrons. The number of carbonyl (C=O) groups is 1. The summed E-state index contributed by atoms with van der Waals surface area (Å²) in [5, 5.41) is 19.8. The number of aromatic nitrogens is 2. The third-order valence-corrected chi connectivity index (χ3v) is 2.62. The molecule has 6 nitrogen and oxygen atoms in total. The van der Waals surface area contributed by atoms with Gasteiger partial charge in [0.15, 0.2) is 11.0 Å². The number of carboxylic acid groups (broad SMARTS) is 1. The average molecular weight is 243 g/mol. The van der Waals surface area contributed by atoms with E-state index < -0.39 is 12.0 Å². The van der Waals surface area contributed by atoms with Gasteiger partial charge in [0.2, 0.25) is 0 Å². The maximum absolute atomic E-state index is 10.8. The van der Waals surface area contributed by atoms with Crippen LogP contribution in [-0.2, 0) is 4.79 Å². The maximum atomic E-state index is 10.8. The van der Waals surface area contributed by atoms with E-state index in [1.165, 1.54) is 0 Å². The molecule has 0 amide bonds. The van der Waals surface area contributed by atoms with Gasteiger partial charge >= 0.3 is 5.97 Å². The summed E-state index contributed by atoms with van der Waals surface area (Å²) >= 11 is 5.63. The number of nitrogens with one attached hydrogen (secondary N) is 1. The van der Waals surface area contributed by atoms with Crippen LogP contribution in [-0.4, -0.2) is 46.9 Å². The van der Waals surface area contributed by atoms with Gasteiger partial charge in [-0.05, 0) is 12.1 Å². The molecule has 2 N–H and O–H groups in total. The van der Waals surface area contributed by atoms with Crippen molar-refractivity contribution in [2.75, 3.05) is 24.5 Å². The highest BCUT2D eigenvalue weighted by Gasteiger charge is 2.25. The van der Waals surface area contributed by atoms with Crippen LogP contribution in [0.1, 0.15) is 0 Å². The molecule has 2 rings (SSSR count). The monoisotopic (exact) mass is 242 g/mol. The van der Waals surface area contributed by atoms with Crippen molar-refractivity contribution >= 4 is 23.4 Å². The standard InChI is InChI=1S/C9H11ClN4O2/c10-7-1-2-8(13-12-7)14-4-3-11-6(5-14)9(15)16/h1-2,6,11H,3-5H2,(H,15,16)/t6-/m0/s1. The molecular formula is C9H11ClN4O2. The lowest BCUT2D eigenvalue weighted by Gasteiger charge is -2.31. The van der Waals surface area contributed by atoms with Crippen molar-refractivity contribution in [2.24, 2.45) is 0 Å². The molecule has 16 heavy (non-hydrogen) atoms. The lowest BCUT2D eigenvalue weighted by Crippen LogP contribution is -2.54. The van der Waals surface area contributed by atoms with Crippen LogP contribution in [0.4, 0.5) is 5.82 Å². The highest BCUT2D eigenvalue weighted by Crippen LogP contribution is 2.13. The molecule has 1 aliphatic rings. The molecule has 0 unspecified atom stereocenters. The van der Waals surface area contributed by atoms with Crippen LogP contribution in [0.3, 0.4) is 0 Å². The number of anilines is 1. The topological polar surface area (TPSA) is 78.3 Å². The minimum atomic E-state index is -0.855. The molecule has 1 saturated heterocycles. The van der Waals surface area contributed by atoms with E-state index in [1.807, 2.05) is 4.90 Å². The summed E-state index contributed by atoms with van der Waals surface area (Å²) in [4.78, 5) is 12.7. The second kappa shape index (κ2) is 4.63. The molecule has 0 spiro atoms. The third kappa shape index (κ3) is 2.40. The molecule has 1 fully saturated rings. The lowest BCUT2D eigenvalue weighted by molar-refractivity contribution is -0.139. The third-order valence-electron chi connectivity index (χ3n) is 2.42. The molecule has 0 saturated carbocycles. The van der Waals surface area contributed by atoms with Crippen molar-refractivity contribution in [3.05, 3.63) is 17.3 Å². The number of nitrogens with zero attached hydrogens (tertiary/aromatic N) is 3. The summed E-state index contributed by atoms with van der Waals surface area (Å²) in [5.74, 6) is -0.205. The number of hydrogen-bond acceptors (Lipinski definition) is 5. The van der Waals surface area contributed by atoms with Crippen molar-refractivity contribution in [3.8, 4) is 0 Å². The van der Waals surface area contributed by atoms with E-state index in [1.54, 1.807) is 12.1 Å². The van der Waals surface area contributed by atoms with Crippen LogP contribution >= 0.6 is 11.6 Å². The highest BCUT2D eigenvalue weighted by atomic mass is 35.5.